The normalized spacial score (nSPS) is 12.7. The van der Waals surface area contributed by atoms with E-state index in [4.69, 9.17) is 0 Å². The van der Waals surface area contributed by atoms with Crippen molar-refractivity contribution in [3.63, 3.8) is 0 Å². The van der Waals surface area contributed by atoms with Crippen LogP contribution in [-0.2, 0) is 4.79 Å². The van der Waals surface area contributed by atoms with Crippen LogP contribution >= 0.6 is 0 Å². The molecule has 0 aromatic rings. The second-order valence-electron chi connectivity index (χ2n) is 21.5. The number of allylic oxidation sites excluding steroid dienone is 2. The molecule has 0 radical (unpaired) electrons. The van der Waals surface area contributed by atoms with Crippen LogP contribution in [0.25, 0.3) is 0 Å². The van der Waals surface area contributed by atoms with Gasteiger partial charge in [-0.05, 0) is 38.5 Å². The Hall–Kier alpha value is -0.870. The number of hydrogen-bond acceptors (Lipinski definition) is 3. The van der Waals surface area contributed by atoms with E-state index in [1.165, 1.54) is 308 Å². The zero-order valence-corrected chi connectivity index (χ0v) is 45.5. The number of amides is 1. The number of aliphatic hydroxyl groups is 2. The fraction of sp³-hybridized carbons (Fsp3) is 0.952. The van der Waals surface area contributed by atoms with Gasteiger partial charge in [-0.1, -0.05) is 328 Å². The Bertz CT molecular complexity index is 921. The highest BCUT2D eigenvalue weighted by molar-refractivity contribution is 5.76. The zero-order chi connectivity index (χ0) is 47.7. The summed E-state index contributed by atoms with van der Waals surface area (Å²) in [5.74, 6) is -0.0250. The van der Waals surface area contributed by atoms with Gasteiger partial charge in [0, 0.05) is 6.42 Å². The Labute approximate surface area is 416 Å². The third kappa shape index (κ3) is 54.1. The highest BCUT2D eigenvalue weighted by Crippen LogP contribution is 2.19. The molecule has 0 rings (SSSR count). The molecule has 0 spiro atoms. The summed E-state index contributed by atoms with van der Waals surface area (Å²) >= 11 is 0. The quantitative estimate of drug-likeness (QED) is 0.0420. The van der Waals surface area contributed by atoms with Gasteiger partial charge in [-0.2, -0.15) is 0 Å². The molecule has 0 aliphatic carbocycles. The average molecular weight is 931 g/mol. The van der Waals surface area contributed by atoms with E-state index in [-0.39, 0.29) is 12.5 Å². The van der Waals surface area contributed by atoms with Crippen LogP contribution < -0.4 is 5.32 Å². The van der Waals surface area contributed by atoms with Crippen molar-refractivity contribution in [2.45, 2.75) is 373 Å². The van der Waals surface area contributed by atoms with E-state index in [2.05, 4.69) is 31.3 Å². The van der Waals surface area contributed by atoms with Gasteiger partial charge in [0.25, 0.3) is 0 Å². The van der Waals surface area contributed by atoms with Crippen molar-refractivity contribution >= 4 is 5.91 Å². The summed E-state index contributed by atoms with van der Waals surface area (Å²) in [7, 11) is 0. The Morgan fingerprint density at radius 2 is 0.576 bits per heavy atom. The lowest BCUT2D eigenvalue weighted by atomic mass is 10.0. The second kappa shape index (κ2) is 58.4. The lowest BCUT2D eigenvalue weighted by Crippen LogP contribution is -2.45. The monoisotopic (exact) mass is 930 g/mol. The molecule has 0 aromatic heterocycles. The summed E-state index contributed by atoms with van der Waals surface area (Å²) in [6.45, 7) is 4.40. The molecule has 0 fully saturated rings. The van der Waals surface area contributed by atoms with Crippen LogP contribution in [0, 0.1) is 0 Å². The molecule has 394 valence electrons. The van der Waals surface area contributed by atoms with E-state index in [0.29, 0.717) is 12.8 Å². The van der Waals surface area contributed by atoms with E-state index >= 15 is 0 Å². The van der Waals surface area contributed by atoms with E-state index < -0.39 is 12.1 Å². The highest BCUT2D eigenvalue weighted by atomic mass is 16.3. The summed E-state index contributed by atoms with van der Waals surface area (Å²) in [6, 6.07) is -0.535. The first-order chi connectivity index (χ1) is 32.7. The largest absolute Gasteiger partial charge is 0.394 e. The van der Waals surface area contributed by atoms with Gasteiger partial charge in [0.05, 0.1) is 18.8 Å². The minimum Gasteiger partial charge on any atom is -0.394 e. The molecule has 66 heavy (non-hydrogen) atoms. The molecular weight excluding hydrogens is 807 g/mol. The third-order valence-corrected chi connectivity index (χ3v) is 14.8. The van der Waals surface area contributed by atoms with Crippen LogP contribution in [0.3, 0.4) is 0 Å². The molecule has 0 aliphatic heterocycles. The second-order valence-corrected chi connectivity index (χ2v) is 21.5. The highest BCUT2D eigenvalue weighted by Gasteiger charge is 2.20. The van der Waals surface area contributed by atoms with Crippen LogP contribution in [0.1, 0.15) is 361 Å². The van der Waals surface area contributed by atoms with Crippen LogP contribution in [0.5, 0.6) is 0 Å². The number of nitrogens with one attached hydrogen (secondary N) is 1. The Kier molecular flexibility index (Phi) is 57.7. The van der Waals surface area contributed by atoms with Crippen LogP contribution in [0.2, 0.25) is 0 Å². The SMILES string of the molecule is CCCCCCCCCC/C=C\CCCCCCCCCCCCCC(=O)NC(CO)C(O)CCCCCCCCCCCCCCCCCCCCCCCCCCCCCCCCC. The number of carbonyl (C=O) groups excluding carboxylic acids is 1. The first-order valence-electron chi connectivity index (χ1n) is 30.9. The van der Waals surface area contributed by atoms with Gasteiger partial charge in [-0.15, -0.1) is 0 Å². The first kappa shape index (κ1) is 65.1. The molecular formula is C62H123NO3. The molecule has 0 heterocycles. The van der Waals surface area contributed by atoms with Gasteiger partial charge < -0.3 is 15.5 Å². The first-order valence-corrected chi connectivity index (χ1v) is 30.9. The molecule has 1 amide bonds. The molecule has 0 saturated heterocycles. The minimum atomic E-state index is -0.658. The van der Waals surface area contributed by atoms with E-state index in [9.17, 15) is 15.0 Å². The molecule has 3 N–H and O–H groups in total. The number of aliphatic hydroxyl groups excluding tert-OH is 2. The van der Waals surface area contributed by atoms with Crippen molar-refractivity contribution in [2.24, 2.45) is 0 Å². The standard InChI is InChI=1S/C62H123NO3/c1-3-5-7-9-11-13-15-17-19-21-23-25-27-28-29-30-31-32-33-34-36-37-39-41-43-45-47-49-51-53-55-57-61(65)60(59-64)63-62(66)58-56-54-52-50-48-46-44-42-40-38-35-26-24-22-20-18-16-14-12-10-8-6-4-2/h22,24,60-61,64-65H,3-21,23,25-59H2,1-2H3,(H,63,66)/b24-22-. The van der Waals surface area contributed by atoms with Crippen molar-refractivity contribution < 1.29 is 15.0 Å². The lowest BCUT2D eigenvalue weighted by Gasteiger charge is -2.22. The van der Waals surface area contributed by atoms with Gasteiger partial charge in [0.15, 0.2) is 0 Å². The van der Waals surface area contributed by atoms with Crippen LogP contribution in [0.15, 0.2) is 12.2 Å². The van der Waals surface area contributed by atoms with Crippen molar-refractivity contribution in [3.8, 4) is 0 Å². The van der Waals surface area contributed by atoms with Crippen LogP contribution in [0.4, 0.5) is 0 Å². The molecule has 0 bridgehead atoms. The van der Waals surface area contributed by atoms with E-state index in [0.717, 1.165) is 25.7 Å². The Morgan fingerprint density at radius 3 is 0.833 bits per heavy atom. The van der Waals surface area contributed by atoms with Gasteiger partial charge in [-0.3, -0.25) is 4.79 Å². The van der Waals surface area contributed by atoms with Crippen molar-refractivity contribution in [1.29, 1.82) is 0 Å². The smallest absolute Gasteiger partial charge is 0.220 e. The predicted octanol–water partition coefficient (Wildman–Crippen LogP) is 20.5. The van der Waals surface area contributed by atoms with Crippen LogP contribution in [-0.4, -0.2) is 34.9 Å². The Balaban J connectivity index is 3.39. The fourth-order valence-corrected chi connectivity index (χ4v) is 10.1. The molecule has 2 unspecified atom stereocenters. The summed E-state index contributed by atoms with van der Waals surface area (Å²) < 4.78 is 0. The van der Waals surface area contributed by atoms with E-state index in [1.54, 1.807) is 0 Å². The zero-order valence-electron chi connectivity index (χ0n) is 45.5. The minimum absolute atomic E-state index is 0.0250. The maximum Gasteiger partial charge on any atom is 0.220 e. The Morgan fingerprint density at radius 1 is 0.348 bits per heavy atom. The molecule has 0 aromatic carbocycles. The number of unbranched alkanes of at least 4 members (excludes halogenated alkanes) is 49. The van der Waals surface area contributed by atoms with Crippen molar-refractivity contribution in [1.82, 2.24) is 5.32 Å². The third-order valence-electron chi connectivity index (χ3n) is 14.8. The number of carbonyl (C=O) groups is 1. The maximum absolute atomic E-state index is 12.5. The average Bonchev–Trinajstić information content (AvgIpc) is 3.32. The topological polar surface area (TPSA) is 69.6 Å². The maximum atomic E-state index is 12.5. The van der Waals surface area contributed by atoms with Gasteiger partial charge in [0.2, 0.25) is 5.91 Å². The summed E-state index contributed by atoms with van der Waals surface area (Å²) in [5.41, 5.74) is 0. The van der Waals surface area contributed by atoms with E-state index in [1.807, 2.05) is 0 Å². The summed E-state index contributed by atoms with van der Waals surface area (Å²) in [6.07, 6.45) is 76.6. The number of rotatable bonds is 58. The molecule has 0 aliphatic rings. The van der Waals surface area contributed by atoms with Gasteiger partial charge in [0.1, 0.15) is 0 Å². The fourth-order valence-electron chi connectivity index (χ4n) is 10.1. The predicted molar refractivity (Wildman–Crippen MR) is 295 cm³/mol. The number of hydrogen-bond donors (Lipinski definition) is 3. The summed E-state index contributed by atoms with van der Waals surface area (Å²) in [4.78, 5) is 12.5. The van der Waals surface area contributed by atoms with Gasteiger partial charge >= 0.3 is 0 Å². The lowest BCUT2D eigenvalue weighted by molar-refractivity contribution is -0.123. The molecule has 4 nitrogen and oxygen atoms in total. The van der Waals surface area contributed by atoms with Crippen molar-refractivity contribution in [2.75, 3.05) is 6.61 Å². The molecule has 4 heteroatoms. The van der Waals surface area contributed by atoms with Gasteiger partial charge in [-0.25, -0.2) is 0 Å². The molecule has 2 atom stereocenters. The molecule has 0 saturated carbocycles. The summed E-state index contributed by atoms with van der Waals surface area (Å²) in [5, 5.41) is 23.4. The van der Waals surface area contributed by atoms with Crippen molar-refractivity contribution in [3.05, 3.63) is 12.2 Å².